The lowest BCUT2D eigenvalue weighted by atomic mass is 10.2. The van der Waals surface area contributed by atoms with E-state index in [0.717, 1.165) is 17.0 Å². The van der Waals surface area contributed by atoms with Crippen LogP contribution in [0.2, 0.25) is 0 Å². The van der Waals surface area contributed by atoms with Crippen LogP contribution < -0.4 is 15.4 Å². The van der Waals surface area contributed by atoms with Crippen molar-refractivity contribution in [3.63, 3.8) is 0 Å². The normalized spacial score (nSPS) is 12.5. The van der Waals surface area contributed by atoms with E-state index in [-0.39, 0.29) is 6.54 Å². The van der Waals surface area contributed by atoms with Crippen LogP contribution >= 0.6 is 0 Å². The minimum absolute atomic E-state index is 0.0420. The van der Waals surface area contributed by atoms with Gasteiger partial charge in [-0.2, -0.15) is 0 Å². The number of aliphatic hydroxyl groups excluding tert-OH is 1. The van der Waals surface area contributed by atoms with Crippen LogP contribution in [0.3, 0.4) is 0 Å². The molecular weight excluding hydrogens is 272 g/mol. The first-order valence-electron chi connectivity index (χ1n) is 6.77. The topological polar surface area (TPSA) is 79.8 Å². The van der Waals surface area contributed by atoms with Gasteiger partial charge in [-0.1, -0.05) is 0 Å². The summed E-state index contributed by atoms with van der Waals surface area (Å²) in [6.07, 6.45) is -1.47. The lowest BCUT2D eigenvalue weighted by molar-refractivity contribution is 0.0500. The van der Waals surface area contributed by atoms with Gasteiger partial charge in [-0.05, 0) is 51.5 Å². The first kappa shape index (κ1) is 17.1. The SMILES string of the molecule is COc1ccc(NC(O)CNC(=O)OC(C)(C)C)c(C)c1. The third-order valence-corrected chi connectivity index (χ3v) is 2.59. The number of methoxy groups -OCH3 is 1. The maximum absolute atomic E-state index is 11.5. The van der Waals surface area contributed by atoms with Crippen LogP contribution in [0, 0.1) is 6.92 Å². The summed E-state index contributed by atoms with van der Waals surface area (Å²) in [5.74, 6) is 0.749. The number of ether oxygens (including phenoxy) is 2. The fourth-order valence-electron chi connectivity index (χ4n) is 1.65. The van der Waals surface area contributed by atoms with Crippen LogP contribution in [0.15, 0.2) is 18.2 Å². The second kappa shape index (κ2) is 7.17. The van der Waals surface area contributed by atoms with Gasteiger partial charge in [0.05, 0.1) is 13.7 Å². The second-order valence-corrected chi connectivity index (χ2v) is 5.72. The van der Waals surface area contributed by atoms with Crippen molar-refractivity contribution in [3.8, 4) is 5.75 Å². The number of carbonyl (C=O) groups excluding carboxylic acids is 1. The molecule has 3 N–H and O–H groups in total. The van der Waals surface area contributed by atoms with Crippen molar-refractivity contribution < 1.29 is 19.4 Å². The molecule has 0 saturated carbocycles. The third kappa shape index (κ3) is 6.35. The molecule has 0 aliphatic heterocycles. The van der Waals surface area contributed by atoms with Crippen molar-refractivity contribution in [3.05, 3.63) is 23.8 Å². The molecule has 0 spiro atoms. The summed E-state index contributed by atoms with van der Waals surface area (Å²) < 4.78 is 10.2. The molecule has 0 radical (unpaired) electrons. The highest BCUT2D eigenvalue weighted by atomic mass is 16.6. The van der Waals surface area contributed by atoms with E-state index in [2.05, 4.69) is 10.6 Å². The van der Waals surface area contributed by atoms with Crippen molar-refractivity contribution >= 4 is 11.8 Å². The minimum Gasteiger partial charge on any atom is -0.497 e. The highest BCUT2D eigenvalue weighted by Gasteiger charge is 2.16. The van der Waals surface area contributed by atoms with Gasteiger partial charge in [-0.25, -0.2) is 4.79 Å². The maximum Gasteiger partial charge on any atom is 0.407 e. The van der Waals surface area contributed by atoms with Gasteiger partial charge < -0.3 is 25.2 Å². The molecule has 0 fully saturated rings. The molecule has 1 aromatic carbocycles. The Morgan fingerprint density at radius 2 is 2.05 bits per heavy atom. The van der Waals surface area contributed by atoms with Crippen LogP contribution in [-0.2, 0) is 4.74 Å². The standard InChI is InChI=1S/C15H24N2O4/c1-10-8-11(20-5)6-7-12(10)17-13(18)9-16-14(19)21-15(2,3)4/h6-8,13,17-18H,9H2,1-5H3,(H,16,19). The van der Waals surface area contributed by atoms with E-state index in [1.165, 1.54) is 0 Å². The smallest absolute Gasteiger partial charge is 0.407 e. The number of nitrogens with one attached hydrogen (secondary N) is 2. The second-order valence-electron chi connectivity index (χ2n) is 5.72. The summed E-state index contributed by atoms with van der Waals surface area (Å²) in [6, 6.07) is 5.46. The highest BCUT2D eigenvalue weighted by molar-refractivity contribution is 5.67. The van der Waals surface area contributed by atoms with E-state index in [1.54, 1.807) is 33.9 Å². The Labute approximate surface area is 125 Å². The zero-order chi connectivity index (χ0) is 16.0. The number of benzene rings is 1. The molecule has 118 valence electrons. The molecule has 0 aromatic heterocycles. The summed E-state index contributed by atoms with van der Waals surface area (Å²) in [4.78, 5) is 11.5. The van der Waals surface area contributed by atoms with Crippen LogP contribution in [0.1, 0.15) is 26.3 Å². The molecule has 1 amide bonds. The van der Waals surface area contributed by atoms with E-state index in [4.69, 9.17) is 9.47 Å². The Kier molecular flexibility index (Phi) is 5.84. The number of aryl methyl sites for hydroxylation is 1. The lowest BCUT2D eigenvalue weighted by Gasteiger charge is -2.21. The van der Waals surface area contributed by atoms with Crippen LogP contribution in [0.25, 0.3) is 0 Å². The molecule has 6 nitrogen and oxygen atoms in total. The van der Waals surface area contributed by atoms with Crippen LogP contribution in [-0.4, -0.2) is 36.7 Å². The zero-order valence-electron chi connectivity index (χ0n) is 13.2. The predicted octanol–water partition coefficient (Wildman–Crippen LogP) is 2.26. The highest BCUT2D eigenvalue weighted by Crippen LogP contribution is 2.21. The van der Waals surface area contributed by atoms with Gasteiger partial charge >= 0.3 is 6.09 Å². The minimum atomic E-state index is -0.912. The molecule has 21 heavy (non-hydrogen) atoms. The van der Waals surface area contributed by atoms with Crippen LogP contribution in [0.4, 0.5) is 10.5 Å². The molecule has 0 heterocycles. The molecule has 1 rings (SSSR count). The summed E-state index contributed by atoms with van der Waals surface area (Å²) in [7, 11) is 1.60. The Bertz CT molecular complexity index is 483. The first-order valence-corrected chi connectivity index (χ1v) is 6.77. The first-order chi connectivity index (χ1) is 9.71. The van der Waals surface area contributed by atoms with E-state index in [9.17, 15) is 9.90 Å². The monoisotopic (exact) mass is 296 g/mol. The van der Waals surface area contributed by atoms with E-state index < -0.39 is 17.9 Å². The van der Waals surface area contributed by atoms with Crippen molar-refractivity contribution in [1.82, 2.24) is 5.32 Å². The van der Waals surface area contributed by atoms with Gasteiger partial charge in [0, 0.05) is 5.69 Å². The molecule has 1 aromatic rings. The van der Waals surface area contributed by atoms with E-state index in [1.807, 2.05) is 19.1 Å². The van der Waals surface area contributed by atoms with E-state index >= 15 is 0 Å². The lowest BCUT2D eigenvalue weighted by Crippen LogP contribution is -2.39. The van der Waals surface area contributed by atoms with Gasteiger partial charge in [0.1, 0.15) is 17.6 Å². The maximum atomic E-state index is 11.5. The number of aliphatic hydroxyl groups is 1. The molecule has 6 heteroatoms. The molecule has 1 unspecified atom stereocenters. The number of rotatable bonds is 5. The number of hydrogen-bond donors (Lipinski definition) is 3. The Morgan fingerprint density at radius 3 is 2.57 bits per heavy atom. The molecule has 0 saturated heterocycles. The van der Waals surface area contributed by atoms with Gasteiger partial charge in [-0.15, -0.1) is 0 Å². The van der Waals surface area contributed by atoms with Crippen molar-refractivity contribution in [1.29, 1.82) is 0 Å². The van der Waals surface area contributed by atoms with Crippen molar-refractivity contribution in [2.24, 2.45) is 0 Å². The molecule has 0 bridgehead atoms. The average Bonchev–Trinajstić information content (AvgIpc) is 2.37. The summed E-state index contributed by atoms with van der Waals surface area (Å²) in [5, 5.41) is 15.3. The summed E-state index contributed by atoms with van der Waals surface area (Å²) in [6.45, 7) is 7.28. The Morgan fingerprint density at radius 1 is 1.38 bits per heavy atom. The zero-order valence-corrected chi connectivity index (χ0v) is 13.2. The Balaban J connectivity index is 2.47. The number of anilines is 1. The van der Waals surface area contributed by atoms with Crippen molar-refractivity contribution in [2.75, 3.05) is 19.0 Å². The largest absolute Gasteiger partial charge is 0.497 e. The third-order valence-electron chi connectivity index (χ3n) is 2.59. The molecule has 0 aliphatic rings. The van der Waals surface area contributed by atoms with Crippen molar-refractivity contribution in [2.45, 2.75) is 39.5 Å². The average molecular weight is 296 g/mol. The number of carbonyl (C=O) groups is 1. The number of amides is 1. The fraction of sp³-hybridized carbons (Fsp3) is 0.533. The number of hydrogen-bond acceptors (Lipinski definition) is 5. The number of alkyl carbamates (subject to hydrolysis) is 1. The summed E-state index contributed by atoms with van der Waals surface area (Å²) >= 11 is 0. The van der Waals surface area contributed by atoms with Gasteiger partial charge in [0.2, 0.25) is 0 Å². The molecule has 0 aliphatic carbocycles. The molecule has 1 atom stereocenters. The Hall–Kier alpha value is -1.95. The fourth-order valence-corrected chi connectivity index (χ4v) is 1.65. The predicted molar refractivity (Wildman–Crippen MR) is 81.6 cm³/mol. The summed E-state index contributed by atoms with van der Waals surface area (Å²) in [5.41, 5.74) is 1.15. The van der Waals surface area contributed by atoms with E-state index in [0.29, 0.717) is 0 Å². The molecular formula is C15H24N2O4. The quantitative estimate of drug-likeness (QED) is 0.726. The van der Waals surface area contributed by atoms with Gasteiger partial charge in [-0.3, -0.25) is 0 Å². The van der Waals surface area contributed by atoms with Gasteiger partial charge in [0.15, 0.2) is 0 Å². The van der Waals surface area contributed by atoms with Gasteiger partial charge in [0.25, 0.3) is 0 Å². The van der Waals surface area contributed by atoms with Crippen LogP contribution in [0.5, 0.6) is 5.75 Å².